The van der Waals surface area contributed by atoms with Gasteiger partial charge >= 0.3 is 0 Å². The van der Waals surface area contributed by atoms with E-state index in [0.717, 1.165) is 18.2 Å². The molecule has 0 amide bonds. The molecule has 2 aliphatic carbocycles. The van der Waals surface area contributed by atoms with Crippen LogP contribution in [-0.2, 0) is 18.3 Å². The number of rotatable bonds is 4. The molecule has 2 fully saturated rings. The molecule has 3 rings (SSSR count). The second-order valence-electron chi connectivity index (χ2n) is 5.70. The maximum Gasteiger partial charge on any atom is 0.136 e. The van der Waals surface area contributed by atoms with Crippen LogP contribution < -0.4 is 0 Å². The van der Waals surface area contributed by atoms with Gasteiger partial charge in [0.05, 0.1) is 0 Å². The molecule has 3 nitrogen and oxygen atoms in total. The van der Waals surface area contributed by atoms with E-state index < -0.39 is 0 Å². The van der Waals surface area contributed by atoms with Gasteiger partial charge in [0.1, 0.15) is 11.6 Å². The first-order valence-corrected chi connectivity index (χ1v) is 6.73. The molecule has 0 radical (unpaired) electrons. The van der Waals surface area contributed by atoms with Crippen LogP contribution in [0.1, 0.15) is 37.9 Å². The van der Waals surface area contributed by atoms with Crippen LogP contribution in [0.2, 0.25) is 0 Å². The first kappa shape index (κ1) is 11.0. The molecular weight excluding hydrogens is 212 g/mol. The highest BCUT2D eigenvalue weighted by molar-refractivity contribution is 5.81. The summed E-state index contributed by atoms with van der Waals surface area (Å²) in [6, 6.07) is 0. The van der Waals surface area contributed by atoms with Crippen molar-refractivity contribution in [1.82, 2.24) is 9.55 Å². The fraction of sp³-hybridized carbons (Fsp3) is 0.714. The zero-order chi connectivity index (χ0) is 11.8. The minimum atomic E-state index is 0.383. The summed E-state index contributed by atoms with van der Waals surface area (Å²) >= 11 is 0. The predicted octanol–water partition coefficient (Wildman–Crippen LogP) is 2.36. The van der Waals surface area contributed by atoms with E-state index in [0.29, 0.717) is 24.0 Å². The van der Waals surface area contributed by atoms with Gasteiger partial charge in [0.15, 0.2) is 0 Å². The summed E-state index contributed by atoms with van der Waals surface area (Å²) in [5.41, 5.74) is 0. The molecule has 0 saturated heterocycles. The van der Waals surface area contributed by atoms with Gasteiger partial charge in [-0.15, -0.1) is 0 Å². The molecule has 3 atom stereocenters. The average molecular weight is 232 g/mol. The van der Waals surface area contributed by atoms with E-state index in [2.05, 4.69) is 4.98 Å². The van der Waals surface area contributed by atoms with Crippen molar-refractivity contribution >= 4 is 5.78 Å². The van der Waals surface area contributed by atoms with Gasteiger partial charge in [-0.1, -0.05) is 6.42 Å². The number of carbonyl (C=O) groups is 1. The lowest BCUT2D eigenvalue weighted by Crippen LogP contribution is -2.21. The number of hydrogen-bond donors (Lipinski definition) is 0. The van der Waals surface area contributed by atoms with Crippen LogP contribution >= 0.6 is 0 Å². The molecule has 3 unspecified atom stereocenters. The third-order valence-corrected chi connectivity index (χ3v) is 4.67. The van der Waals surface area contributed by atoms with Crippen LogP contribution in [-0.4, -0.2) is 15.3 Å². The largest absolute Gasteiger partial charge is 0.338 e. The third-order valence-electron chi connectivity index (χ3n) is 4.67. The molecule has 2 aliphatic rings. The van der Waals surface area contributed by atoms with Crippen LogP contribution in [0.4, 0.5) is 0 Å². The standard InChI is InChI=1S/C14H20N2O/c1-16-7-6-15-14(16)5-4-13(17)12-9-10-2-3-11(12)8-10/h6-7,10-12H,2-5,8-9H2,1H3. The van der Waals surface area contributed by atoms with Crippen molar-refractivity contribution in [2.75, 3.05) is 0 Å². The molecule has 0 N–H and O–H groups in total. The Labute approximate surface area is 102 Å². The zero-order valence-electron chi connectivity index (χ0n) is 10.4. The van der Waals surface area contributed by atoms with Crippen molar-refractivity contribution in [3.05, 3.63) is 18.2 Å². The Hall–Kier alpha value is -1.12. The van der Waals surface area contributed by atoms with E-state index in [9.17, 15) is 4.79 Å². The van der Waals surface area contributed by atoms with E-state index in [-0.39, 0.29) is 0 Å². The molecule has 92 valence electrons. The zero-order valence-corrected chi connectivity index (χ0v) is 10.4. The fourth-order valence-corrected chi connectivity index (χ4v) is 3.70. The first-order valence-electron chi connectivity index (χ1n) is 6.73. The Bertz CT molecular complexity index is 424. The van der Waals surface area contributed by atoms with Crippen molar-refractivity contribution in [3.63, 3.8) is 0 Å². The van der Waals surface area contributed by atoms with Crippen molar-refractivity contribution in [2.24, 2.45) is 24.8 Å². The molecule has 1 aromatic heterocycles. The van der Waals surface area contributed by atoms with Crippen molar-refractivity contribution in [1.29, 1.82) is 0 Å². The Morgan fingerprint density at radius 3 is 2.94 bits per heavy atom. The maximum atomic E-state index is 12.2. The Morgan fingerprint density at radius 1 is 1.47 bits per heavy atom. The number of carbonyl (C=O) groups excluding carboxylic acids is 1. The molecule has 1 heterocycles. The summed E-state index contributed by atoms with van der Waals surface area (Å²) in [6.07, 6.45) is 10.4. The van der Waals surface area contributed by atoms with Crippen LogP contribution in [0.25, 0.3) is 0 Å². The minimum Gasteiger partial charge on any atom is -0.338 e. The normalized spacial score (nSPS) is 31.0. The molecule has 2 bridgehead atoms. The van der Waals surface area contributed by atoms with Gasteiger partial charge in [-0.3, -0.25) is 4.79 Å². The summed E-state index contributed by atoms with van der Waals surface area (Å²) in [5, 5.41) is 0. The van der Waals surface area contributed by atoms with Gasteiger partial charge in [-0.05, 0) is 31.1 Å². The quantitative estimate of drug-likeness (QED) is 0.798. The predicted molar refractivity (Wildman–Crippen MR) is 65.5 cm³/mol. The number of ketones is 1. The average Bonchev–Trinajstić information content (AvgIpc) is 3.01. The highest BCUT2D eigenvalue weighted by Crippen LogP contribution is 2.48. The summed E-state index contributed by atoms with van der Waals surface area (Å²) in [5.74, 6) is 3.48. The van der Waals surface area contributed by atoms with Crippen molar-refractivity contribution in [3.8, 4) is 0 Å². The van der Waals surface area contributed by atoms with Crippen molar-refractivity contribution in [2.45, 2.75) is 38.5 Å². The highest BCUT2D eigenvalue weighted by atomic mass is 16.1. The minimum absolute atomic E-state index is 0.383. The second-order valence-corrected chi connectivity index (χ2v) is 5.70. The second kappa shape index (κ2) is 4.28. The van der Waals surface area contributed by atoms with E-state index in [1.54, 1.807) is 6.20 Å². The van der Waals surface area contributed by atoms with E-state index in [4.69, 9.17) is 0 Å². The lowest BCUT2D eigenvalue weighted by atomic mass is 9.84. The number of aromatic nitrogens is 2. The molecule has 0 aromatic carbocycles. The number of aryl methyl sites for hydroxylation is 2. The summed E-state index contributed by atoms with van der Waals surface area (Å²) in [4.78, 5) is 16.5. The highest BCUT2D eigenvalue weighted by Gasteiger charge is 2.42. The number of fused-ring (bicyclic) bond motifs is 2. The number of nitrogens with zero attached hydrogens (tertiary/aromatic N) is 2. The number of Topliss-reactive ketones (excluding diaryl/α,β-unsaturated/α-hetero) is 1. The van der Waals surface area contributed by atoms with E-state index in [1.807, 2.05) is 17.8 Å². The smallest absolute Gasteiger partial charge is 0.136 e. The molecule has 17 heavy (non-hydrogen) atoms. The number of imidazole rings is 1. The summed E-state index contributed by atoms with van der Waals surface area (Å²) < 4.78 is 2.01. The van der Waals surface area contributed by atoms with E-state index in [1.165, 1.54) is 25.7 Å². The fourth-order valence-electron chi connectivity index (χ4n) is 3.70. The first-order chi connectivity index (χ1) is 8.24. The van der Waals surface area contributed by atoms with E-state index >= 15 is 0 Å². The lowest BCUT2D eigenvalue weighted by Gasteiger charge is -2.20. The molecule has 3 heteroatoms. The lowest BCUT2D eigenvalue weighted by molar-refractivity contribution is -0.124. The molecule has 1 aromatic rings. The van der Waals surface area contributed by atoms with Gasteiger partial charge in [0.2, 0.25) is 0 Å². The molecule has 2 saturated carbocycles. The van der Waals surface area contributed by atoms with Gasteiger partial charge < -0.3 is 4.57 Å². The van der Waals surface area contributed by atoms with Gasteiger partial charge in [-0.25, -0.2) is 4.98 Å². The number of hydrogen-bond acceptors (Lipinski definition) is 2. The Balaban J connectivity index is 1.56. The Kier molecular flexibility index (Phi) is 2.77. The summed E-state index contributed by atoms with van der Waals surface area (Å²) in [7, 11) is 1.99. The molecule has 0 aliphatic heterocycles. The van der Waals surface area contributed by atoms with Crippen LogP contribution in [0, 0.1) is 17.8 Å². The van der Waals surface area contributed by atoms with Crippen LogP contribution in [0.3, 0.4) is 0 Å². The topological polar surface area (TPSA) is 34.9 Å². The van der Waals surface area contributed by atoms with Crippen LogP contribution in [0.15, 0.2) is 12.4 Å². The maximum absolute atomic E-state index is 12.2. The van der Waals surface area contributed by atoms with Crippen molar-refractivity contribution < 1.29 is 4.79 Å². The van der Waals surface area contributed by atoms with Gasteiger partial charge in [0, 0.05) is 38.2 Å². The van der Waals surface area contributed by atoms with Gasteiger partial charge in [-0.2, -0.15) is 0 Å². The third kappa shape index (κ3) is 2.03. The molecular formula is C14H20N2O. The van der Waals surface area contributed by atoms with Crippen LogP contribution in [0.5, 0.6) is 0 Å². The monoisotopic (exact) mass is 232 g/mol. The van der Waals surface area contributed by atoms with Gasteiger partial charge in [0.25, 0.3) is 0 Å². The summed E-state index contributed by atoms with van der Waals surface area (Å²) in [6.45, 7) is 0. The SMILES string of the molecule is Cn1ccnc1CCC(=O)C1CC2CCC1C2. The molecule has 0 spiro atoms. The Morgan fingerprint density at radius 2 is 2.35 bits per heavy atom.